The molecule has 1 aliphatic rings. The topological polar surface area (TPSA) is 63.2 Å². The minimum Gasteiger partial charge on any atom is -0.494 e. The maximum Gasteiger partial charge on any atom is 0.249 e. The quantitative estimate of drug-likeness (QED) is 0.915. The molecule has 3 rings (SSSR count). The van der Waals surface area contributed by atoms with E-state index in [0.717, 1.165) is 30.3 Å². The van der Waals surface area contributed by atoms with E-state index < -0.39 is 0 Å². The number of hydrogen-bond acceptors (Lipinski definition) is 6. The van der Waals surface area contributed by atoms with Gasteiger partial charge in [0.15, 0.2) is 5.82 Å². The summed E-state index contributed by atoms with van der Waals surface area (Å²) < 4.78 is 5.43. The van der Waals surface area contributed by atoms with Crippen LogP contribution in [0.5, 0.6) is 5.75 Å². The summed E-state index contributed by atoms with van der Waals surface area (Å²) >= 11 is 0. The molecule has 1 aliphatic heterocycles. The molecule has 0 amide bonds. The van der Waals surface area contributed by atoms with Crippen LogP contribution in [0.25, 0.3) is 0 Å². The van der Waals surface area contributed by atoms with Crippen LogP contribution >= 0.6 is 0 Å². The Bertz CT molecular complexity index is 596. The number of rotatable bonds is 5. The Morgan fingerprint density at radius 2 is 1.91 bits per heavy atom. The molecule has 22 heavy (non-hydrogen) atoms. The molecule has 0 unspecified atom stereocenters. The monoisotopic (exact) mass is 299 g/mol. The van der Waals surface area contributed by atoms with Crippen molar-refractivity contribution >= 4 is 17.5 Å². The van der Waals surface area contributed by atoms with Crippen LogP contribution < -0.4 is 15.0 Å². The van der Waals surface area contributed by atoms with Crippen molar-refractivity contribution in [2.75, 3.05) is 29.9 Å². The van der Waals surface area contributed by atoms with Gasteiger partial charge in [0, 0.05) is 18.8 Å². The summed E-state index contributed by atoms with van der Waals surface area (Å²) in [6.45, 7) is 4.72. The Balaban J connectivity index is 1.69. The second-order valence-electron chi connectivity index (χ2n) is 5.27. The van der Waals surface area contributed by atoms with Crippen LogP contribution in [0.3, 0.4) is 0 Å². The van der Waals surface area contributed by atoms with Crippen LogP contribution in [0.15, 0.2) is 30.5 Å². The zero-order valence-corrected chi connectivity index (χ0v) is 12.8. The lowest BCUT2D eigenvalue weighted by Crippen LogP contribution is -2.30. The highest BCUT2D eigenvalue weighted by Crippen LogP contribution is 2.20. The number of piperidine rings is 1. The fourth-order valence-corrected chi connectivity index (χ4v) is 2.55. The third-order valence-electron chi connectivity index (χ3n) is 3.65. The van der Waals surface area contributed by atoms with Crippen molar-refractivity contribution in [2.45, 2.75) is 26.2 Å². The zero-order chi connectivity index (χ0) is 15.2. The molecule has 0 aliphatic carbocycles. The lowest BCUT2D eigenvalue weighted by atomic mass is 10.1. The molecule has 1 N–H and O–H groups in total. The van der Waals surface area contributed by atoms with Gasteiger partial charge in [-0.05, 0) is 50.5 Å². The van der Waals surface area contributed by atoms with Crippen molar-refractivity contribution in [3.05, 3.63) is 30.5 Å². The van der Waals surface area contributed by atoms with Crippen molar-refractivity contribution in [3.63, 3.8) is 0 Å². The third-order valence-corrected chi connectivity index (χ3v) is 3.65. The van der Waals surface area contributed by atoms with Crippen molar-refractivity contribution in [1.82, 2.24) is 15.2 Å². The number of benzene rings is 1. The number of nitrogens with one attached hydrogen (secondary N) is 1. The smallest absolute Gasteiger partial charge is 0.249 e. The zero-order valence-electron chi connectivity index (χ0n) is 12.8. The molecule has 2 aromatic rings. The summed E-state index contributed by atoms with van der Waals surface area (Å²) in [4.78, 5) is 6.83. The van der Waals surface area contributed by atoms with Gasteiger partial charge in [0.1, 0.15) is 5.75 Å². The first kappa shape index (κ1) is 14.6. The maximum atomic E-state index is 5.43. The minimum absolute atomic E-state index is 0.521. The number of aromatic nitrogens is 3. The fraction of sp³-hybridized carbons (Fsp3) is 0.438. The molecular weight excluding hydrogens is 278 g/mol. The van der Waals surface area contributed by atoms with E-state index in [4.69, 9.17) is 4.74 Å². The van der Waals surface area contributed by atoms with Crippen LogP contribution in [0.1, 0.15) is 26.2 Å². The van der Waals surface area contributed by atoms with Gasteiger partial charge in [-0.15, -0.1) is 5.10 Å². The highest BCUT2D eigenvalue weighted by Gasteiger charge is 2.13. The van der Waals surface area contributed by atoms with Gasteiger partial charge in [-0.25, -0.2) is 0 Å². The summed E-state index contributed by atoms with van der Waals surface area (Å²) in [6.07, 6.45) is 5.46. The van der Waals surface area contributed by atoms with Crippen LogP contribution in [-0.2, 0) is 0 Å². The van der Waals surface area contributed by atoms with Gasteiger partial charge in [-0.3, -0.25) is 0 Å². The van der Waals surface area contributed by atoms with E-state index in [0.29, 0.717) is 12.6 Å². The first-order valence-electron chi connectivity index (χ1n) is 7.80. The van der Waals surface area contributed by atoms with Crippen molar-refractivity contribution in [1.29, 1.82) is 0 Å². The predicted octanol–water partition coefficient (Wildman–Crippen LogP) is 3.00. The number of nitrogens with zero attached hydrogens (tertiary/aromatic N) is 4. The Hall–Kier alpha value is -2.37. The van der Waals surface area contributed by atoms with E-state index in [2.05, 4.69) is 25.4 Å². The Labute approximate surface area is 130 Å². The Kier molecular flexibility index (Phi) is 4.68. The summed E-state index contributed by atoms with van der Waals surface area (Å²) in [5.74, 6) is 2.27. The predicted molar refractivity (Wildman–Crippen MR) is 86.8 cm³/mol. The van der Waals surface area contributed by atoms with Gasteiger partial charge >= 0.3 is 0 Å². The molecule has 0 spiro atoms. The molecular formula is C16H21N5O. The van der Waals surface area contributed by atoms with Gasteiger partial charge in [0.2, 0.25) is 5.95 Å². The summed E-state index contributed by atoms with van der Waals surface area (Å²) in [7, 11) is 0. The molecule has 1 saturated heterocycles. The highest BCUT2D eigenvalue weighted by molar-refractivity contribution is 5.55. The van der Waals surface area contributed by atoms with E-state index in [1.165, 1.54) is 19.3 Å². The normalized spacial score (nSPS) is 14.7. The largest absolute Gasteiger partial charge is 0.494 e. The lowest BCUT2D eigenvalue weighted by Gasteiger charge is -2.27. The molecule has 1 aromatic heterocycles. The van der Waals surface area contributed by atoms with Gasteiger partial charge in [0.05, 0.1) is 12.8 Å². The highest BCUT2D eigenvalue weighted by atomic mass is 16.5. The first-order chi connectivity index (χ1) is 10.8. The van der Waals surface area contributed by atoms with Gasteiger partial charge in [-0.2, -0.15) is 10.1 Å². The van der Waals surface area contributed by atoms with Gasteiger partial charge < -0.3 is 15.0 Å². The minimum atomic E-state index is 0.521. The van der Waals surface area contributed by atoms with Crippen LogP contribution in [0, 0.1) is 0 Å². The molecule has 0 bridgehead atoms. The summed E-state index contributed by atoms with van der Waals surface area (Å²) in [5, 5.41) is 11.3. The Morgan fingerprint density at radius 1 is 1.14 bits per heavy atom. The SMILES string of the molecule is CCOc1ccc(Nc2nncc(N3CCCCC3)n2)cc1. The number of hydrogen-bond donors (Lipinski definition) is 1. The molecule has 6 nitrogen and oxygen atoms in total. The molecule has 2 heterocycles. The summed E-state index contributed by atoms with van der Waals surface area (Å²) in [5.41, 5.74) is 0.918. The molecule has 0 atom stereocenters. The lowest BCUT2D eigenvalue weighted by molar-refractivity contribution is 0.340. The van der Waals surface area contributed by atoms with Crippen molar-refractivity contribution in [3.8, 4) is 5.75 Å². The van der Waals surface area contributed by atoms with E-state index in [9.17, 15) is 0 Å². The van der Waals surface area contributed by atoms with E-state index in [-0.39, 0.29) is 0 Å². The fourth-order valence-electron chi connectivity index (χ4n) is 2.55. The van der Waals surface area contributed by atoms with Crippen LogP contribution in [0.4, 0.5) is 17.5 Å². The first-order valence-corrected chi connectivity index (χ1v) is 7.80. The van der Waals surface area contributed by atoms with Gasteiger partial charge in [-0.1, -0.05) is 0 Å². The Morgan fingerprint density at radius 3 is 2.64 bits per heavy atom. The third kappa shape index (κ3) is 3.63. The molecule has 0 radical (unpaired) electrons. The van der Waals surface area contributed by atoms with Crippen LogP contribution in [0.2, 0.25) is 0 Å². The van der Waals surface area contributed by atoms with E-state index >= 15 is 0 Å². The average Bonchev–Trinajstić information content (AvgIpc) is 2.58. The van der Waals surface area contributed by atoms with Gasteiger partial charge in [0.25, 0.3) is 0 Å². The number of ether oxygens (including phenoxy) is 1. The standard InChI is InChI=1S/C16H21N5O/c1-2-22-14-8-6-13(7-9-14)18-16-19-15(12-17-20-16)21-10-4-3-5-11-21/h6-9,12H,2-5,10-11H2,1H3,(H,18,19,20). The van der Waals surface area contributed by atoms with E-state index in [1.807, 2.05) is 31.2 Å². The second-order valence-corrected chi connectivity index (χ2v) is 5.27. The van der Waals surface area contributed by atoms with Crippen molar-refractivity contribution < 1.29 is 4.74 Å². The molecule has 116 valence electrons. The average molecular weight is 299 g/mol. The molecule has 6 heteroatoms. The summed E-state index contributed by atoms with van der Waals surface area (Å²) in [6, 6.07) is 7.74. The van der Waals surface area contributed by atoms with E-state index in [1.54, 1.807) is 6.20 Å². The van der Waals surface area contributed by atoms with Crippen molar-refractivity contribution in [2.24, 2.45) is 0 Å². The van der Waals surface area contributed by atoms with Crippen LogP contribution in [-0.4, -0.2) is 34.9 Å². The second kappa shape index (κ2) is 7.06. The maximum absolute atomic E-state index is 5.43. The molecule has 1 fully saturated rings. The molecule has 1 aromatic carbocycles. The molecule has 0 saturated carbocycles. The number of anilines is 3.